The maximum absolute atomic E-state index is 13.7. The summed E-state index contributed by atoms with van der Waals surface area (Å²) in [7, 11) is 0. The zero-order chi connectivity index (χ0) is 29.6. The number of aliphatic hydroxyl groups is 1. The van der Waals surface area contributed by atoms with Crippen molar-refractivity contribution >= 4 is 11.8 Å². The van der Waals surface area contributed by atoms with Crippen LogP contribution >= 0.6 is 0 Å². The van der Waals surface area contributed by atoms with Gasteiger partial charge in [-0.15, -0.1) is 0 Å². The van der Waals surface area contributed by atoms with Gasteiger partial charge in [0.25, 0.3) is 11.8 Å². The third-order valence-electron chi connectivity index (χ3n) is 7.70. The van der Waals surface area contributed by atoms with Gasteiger partial charge in [0.1, 0.15) is 24.4 Å². The zero-order valence-electron chi connectivity index (χ0n) is 23.5. The fourth-order valence-corrected chi connectivity index (χ4v) is 5.51. The number of ether oxygens (including phenoxy) is 4. The van der Waals surface area contributed by atoms with Crippen molar-refractivity contribution in [1.29, 1.82) is 0 Å². The Morgan fingerprint density at radius 1 is 0.628 bits per heavy atom. The van der Waals surface area contributed by atoms with Crippen LogP contribution in [0.25, 0.3) is 0 Å². The second-order valence-electron chi connectivity index (χ2n) is 10.6. The normalized spacial score (nSPS) is 23.4. The first-order valence-corrected chi connectivity index (χ1v) is 14.3. The summed E-state index contributed by atoms with van der Waals surface area (Å²) in [6.45, 7) is 0.664. The summed E-state index contributed by atoms with van der Waals surface area (Å²) in [4.78, 5) is 28.5. The van der Waals surface area contributed by atoms with Crippen molar-refractivity contribution in [2.75, 3.05) is 6.61 Å². The molecule has 0 aliphatic carbocycles. The number of benzene rings is 4. The van der Waals surface area contributed by atoms with Crippen molar-refractivity contribution in [2.45, 2.75) is 50.5 Å². The summed E-state index contributed by atoms with van der Waals surface area (Å²) in [5.74, 6) is -0.969. The number of carbonyl (C=O) groups excluding carboxylic acids is 2. The molecule has 6 rings (SSSR count). The number of amides is 2. The Hall–Kier alpha value is -4.18. The molecule has 4 aromatic carbocycles. The highest BCUT2D eigenvalue weighted by Crippen LogP contribution is 2.35. The first-order valence-electron chi connectivity index (χ1n) is 14.3. The van der Waals surface area contributed by atoms with E-state index in [-0.39, 0.29) is 19.8 Å². The average Bonchev–Trinajstić information content (AvgIpc) is 3.30. The van der Waals surface area contributed by atoms with E-state index in [4.69, 9.17) is 18.9 Å². The van der Waals surface area contributed by atoms with E-state index in [2.05, 4.69) is 0 Å². The Morgan fingerprint density at radius 3 is 1.63 bits per heavy atom. The molecule has 1 saturated heterocycles. The summed E-state index contributed by atoms with van der Waals surface area (Å²) in [5.41, 5.74) is 3.32. The van der Waals surface area contributed by atoms with Crippen LogP contribution in [0, 0.1) is 0 Å². The third kappa shape index (κ3) is 6.44. The monoisotopic (exact) mass is 579 g/mol. The van der Waals surface area contributed by atoms with Gasteiger partial charge in [-0.3, -0.25) is 14.5 Å². The molecule has 2 aliphatic rings. The molecule has 8 nitrogen and oxygen atoms in total. The number of nitrogens with zero attached hydrogens (tertiary/aromatic N) is 1. The van der Waals surface area contributed by atoms with E-state index < -0.39 is 42.5 Å². The van der Waals surface area contributed by atoms with Gasteiger partial charge in [-0.25, -0.2) is 0 Å². The summed E-state index contributed by atoms with van der Waals surface area (Å²) in [6, 6.07) is 34.3. The molecule has 43 heavy (non-hydrogen) atoms. The molecule has 0 bridgehead atoms. The molecule has 0 saturated carbocycles. The predicted octanol–water partition coefficient (Wildman–Crippen LogP) is 4.76. The molecule has 1 N–H and O–H groups in total. The van der Waals surface area contributed by atoms with E-state index in [1.807, 2.05) is 91.0 Å². The van der Waals surface area contributed by atoms with E-state index in [0.717, 1.165) is 21.6 Å². The van der Waals surface area contributed by atoms with Crippen molar-refractivity contribution in [3.63, 3.8) is 0 Å². The minimum Gasteiger partial charge on any atom is -0.388 e. The minimum atomic E-state index is -1.23. The molecule has 220 valence electrons. The molecule has 2 amide bonds. The van der Waals surface area contributed by atoms with Crippen LogP contribution in [0.3, 0.4) is 0 Å². The zero-order valence-corrected chi connectivity index (χ0v) is 23.5. The summed E-state index contributed by atoms with van der Waals surface area (Å²) >= 11 is 0. The van der Waals surface area contributed by atoms with Crippen molar-refractivity contribution in [1.82, 2.24) is 4.90 Å². The van der Waals surface area contributed by atoms with Gasteiger partial charge in [-0.2, -0.15) is 0 Å². The largest absolute Gasteiger partial charge is 0.388 e. The predicted molar refractivity (Wildman–Crippen MR) is 158 cm³/mol. The van der Waals surface area contributed by atoms with Crippen molar-refractivity contribution < 1.29 is 33.6 Å². The fraction of sp³-hybridized carbons (Fsp3) is 0.257. The average molecular weight is 580 g/mol. The van der Waals surface area contributed by atoms with E-state index in [1.165, 1.54) is 0 Å². The lowest BCUT2D eigenvalue weighted by Gasteiger charge is -2.46. The van der Waals surface area contributed by atoms with E-state index in [0.29, 0.717) is 17.7 Å². The number of hydrogen-bond donors (Lipinski definition) is 1. The molecule has 0 spiro atoms. The maximum Gasteiger partial charge on any atom is 0.262 e. The topological polar surface area (TPSA) is 94.5 Å². The maximum atomic E-state index is 13.7. The second kappa shape index (κ2) is 13.4. The van der Waals surface area contributed by atoms with Gasteiger partial charge in [0.2, 0.25) is 0 Å². The number of fused-ring (bicyclic) bond motifs is 1. The molecule has 0 radical (unpaired) electrons. The molecule has 2 aliphatic heterocycles. The summed E-state index contributed by atoms with van der Waals surface area (Å²) in [5, 5.41) is 11.7. The lowest BCUT2D eigenvalue weighted by molar-refractivity contribution is -0.293. The first-order chi connectivity index (χ1) is 21.1. The lowest BCUT2D eigenvalue weighted by Crippen LogP contribution is -2.66. The van der Waals surface area contributed by atoms with Crippen LogP contribution in [0.4, 0.5) is 0 Å². The van der Waals surface area contributed by atoms with Crippen LogP contribution in [0.5, 0.6) is 0 Å². The number of aliphatic hydroxyl groups excluding tert-OH is 1. The van der Waals surface area contributed by atoms with Crippen LogP contribution in [0.2, 0.25) is 0 Å². The lowest BCUT2D eigenvalue weighted by atomic mass is 9.95. The van der Waals surface area contributed by atoms with Crippen LogP contribution < -0.4 is 0 Å². The fourth-order valence-electron chi connectivity index (χ4n) is 5.51. The van der Waals surface area contributed by atoms with E-state index >= 15 is 0 Å². The minimum absolute atomic E-state index is 0.0429. The third-order valence-corrected chi connectivity index (χ3v) is 7.70. The Kier molecular flexibility index (Phi) is 9.02. The van der Waals surface area contributed by atoms with E-state index in [1.54, 1.807) is 24.3 Å². The van der Waals surface area contributed by atoms with Crippen LogP contribution in [0.15, 0.2) is 115 Å². The molecule has 1 fully saturated rings. The molecule has 2 unspecified atom stereocenters. The standard InChI is InChI=1S/C35H33NO7/c37-31-29(23-40-20-24-12-4-1-5-13-24)43-35(42-22-26-16-8-3-9-17-26)30(32(31)41-21-25-14-6-2-7-15-25)36-33(38)27-18-10-11-19-28(27)34(36)39/h1-19,29-32,35,37H,20-23H2/t29?,30?,31-,32-,35-/m1/s1. The summed E-state index contributed by atoms with van der Waals surface area (Å²) < 4.78 is 25.0. The van der Waals surface area contributed by atoms with Crippen LogP contribution in [0.1, 0.15) is 37.4 Å². The highest BCUT2D eigenvalue weighted by Gasteiger charge is 2.54. The van der Waals surface area contributed by atoms with Gasteiger partial charge in [0, 0.05) is 0 Å². The smallest absolute Gasteiger partial charge is 0.262 e. The van der Waals surface area contributed by atoms with E-state index in [9.17, 15) is 14.7 Å². The Balaban J connectivity index is 1.31. The molecule has 0 aromatic heterocycles. The van der Waals surface area contributed by atoms with Gasteiger partial charge >= 0.3 is 0 Å². The Labute approximate surface area is 250 Å². The number of carbonyl (C=O) groups is 2. The number of hydrogen-bond acceptors (Lipinski definition) is 7. The van der Waals surface area contributed by atoms with Gasteiger partial charge in [0.05, 0.1) is 37.6 Å². The van der Waals surface area contributed by atoms with Gasteiger partial charge in [0.15, 0.2) is 6.29 Å². The van der Waals surface area contributed by atoms with Crippen molar-refractivity contribution in [2.24, 2.45) is 0 Å². The van der Waals surface area contributed by atoms with Crippen molar-refractivity contribution in [3.8, 4) is 0 Å². The number of imide groups is 1. The highest BCUT2D eigenvalue weighted by molar-refractivity contribution is 6.21. The van der Waals surface area contributed by atoms with Gasteiger partial charge in [-0.05, 0) is 28.8 Å². The van der Waals surface area contributed by atoms with Crippen LogP contribution in [-0.2, 0) is 38.8 Å². The SMILES string of the molecule is O=C1c2ccccc2C(=O)N1C1[C@H](OCc2ccccc2)OC(COCc2ccccc2)[C@@H](O)[C@@H]1OCc1ccccc1. The Bertz CT molecular complexity index is 1480. The van der Waals surface area contributed by atoms with Gasteiger partial charge < -0.3 is 24.1 Å². The molecule has 4 aromatic rings. The van der Waals surface area contributed by atoms with Crippen LogP contribution in [-0.4, -0.2) is 59.1 Å². The molecular weight excluding hydrogens is 546 g/mol. The molecule has 8 heteroatoms. The van der Waals surface area contributed by atoms with Crippen molar-refractivity contribution in [3.05, 3.63) is 143 Å². The molecule has 2 heterocycles. The quantitative estimate of drug-likeness (QED) is 0.256. The second-order valence-corrected chi connectivity index (χ2v) is 10.6. The summed E-state index contributed by atoms with van der Waals surface area (Å²) in [6.07, 6.45) is -4.21. The number of rotatable bonds is 11. The van der Waals surface area contributed by atoms with Gasteiger partial charge in [-0.1, -0.05) is 103 Å². The molecule has 5 atom stereocenters. The molecular formula is C35H33NO7. The first kappa shape index (κ1) is 28.9. The highest BCUT2D eigenvalue weighted by atomic mass is 16.7. The Morgan fingerprint density at radius 2 is 1.09 bits per heavy atom.